The lowest BCUT2D eigenvalue weighted by Crippen LogP contribution is -2.49. The monoisotopic (exact) mass is 275 g/mol. The second kappa shape index (κ2) is 6.73. The zero-order chi connectivity index (χ0) is 14.7. The van der Waals surface area contributed by atoms with Gasteiger partial charge in [-0.3, -0.25) is 4.90 Å². The smallest absolute Gasteiger partial charge is 0.0947 e. The van der Waals surface area contributed by atoms with Gasteiger partial charge in [0.25, 0.3) is 0 Å². The first kappa shape index (κ1) is 15.5. The van der Waals surface area contributed by atoms with E-state index in [0.717, 1.165) is 24.6 Å². The van der Waals surface area contributed by atoms with Gasteiger partial charge in [-0.1, -0.05) is 58.0 Å². The Morgan fingerprint density at radius 3 is 2.30 bits per heavy atom. The molecule has 1 N–H and O–H groups in total. The maximum atomic E-state index is 10.8. The normalized spacial score (nSPS) is 27.5. The van der Waals surface area contributed by atoms with Crippen molar-refractivity contribution >= 4 is 0 Å². The molecule has 2 heteroatoms. The fourth-order valence-corrected chi connectivity index (χ4v) is 3.40. The molecule has 1 aromatic rings. The van der Waals surface area contributed by atoms with Crippen LogP contribution in [0.15, 0.2) is 30.3 Å². The number of benzene rings is 1. The SMILES string of the molecule is CC(C)C(C(O)c1ccccc1)N1CCC(C)C(C)C1. The summed E-state index contributed by atoms with van der Waals surface area (Å²) in [5, 5.41) is 10.8. The summed E-state index contributed by atoms with van der Waals surface area (Å²) in [6.45, 7) is 11.3. The molecule has 1 saturated heterocycles. The summed E-state index contributed by atoms with van der Waals surface area (Å²) in [6, 6.07) is 10.3. The molecule has 20 heavy (non-hydrogen) atoms. The van der Waals surface area contributed by atoms with Gasteiger partial charge in [-0.15, -0.1) is 0 Å². The predicted molar refractivity (Wildman–Crippen MR) is 84.5 cm³/mol. The maximum Gasteiger partial charge on any atom is 0.0947 e. The summed E-state index contributed by atoms with van der Waals surface area (Å²) in [5.41, 5.74) is 1.04. The standard InChI is InChI=1S/C18H29NO/c1-13(2)17(18(20)16-8-6-5-7-9-16)19-11-10-14(3)15(4)12-19/h5-9,13-15,17-18,20H,10-12H2,1-4H3. The van der Waals surface area contributed by atoms with E-state index in [-0.39, 0.29) is 6.04 Å². The maximum absolute atomic E-state index is 10.8. The lowest BCUT2D eigenvalue weighted by molar-refractivity contribution is -0.00806. The second-order valence-corrected chi connectivity index (χ2v) is 6.83. The number of nitrogens with zero attached hydrogens (tertiary/aromatic N) is 1. The molecule has 1 heterocycles. The molecular formula is C18H29NO. The molecule has 0 bridgehead atoms. The van der Waals surface area contributed by atoms with Crippen molar-refractivity contribution in [3.63, 3.8) is 0 Å². The highest BCUT2D eigenvalue weighted by molar-refractivity contribution is 5.19. The molecule has 4 atom stereocenters. The van der Waals surface area contributed by atoms with E-state index in [0.29, 0.717) is 11.8 Å². The number of hydrogen-bond donors (Lipinski definition) is 1. The van der Waals surface area contributed by atoms with Gasteiger partial charge in [0.15, 0.2) is 0 Å². The number of aliphatic hydroxyl groups excluding tert-OH is 1. The van der Waals surface area contributed by atoms with Crippen LogP contribution in [0.1, 0.15) is 45.8 Å². The van der Waals surface area contributed by atoms with E-state index in [1.54, 1.807) is 0 Å². The van der Waals surface area contributed by atoms with E-state index < -0.39 is 6.10 Å². The lowest BCUT2D eigenvalue weighted by Gasteiger charge is -2.43. The summed E-state index contributed by atoms with van der Waals surface area (Å²) in [6.07, 6.45) is 0.850. The van der Waals surface area contributed by atoms with Crippen LogP contribution in [-0.4, -0.2) is 29.1 Å². The molecule has 2 rings (SSSR count). The van der Waals surface area contributed by atoms with Gasteiger partial charge in [0.1, 0.15) is 0 Å². The van der Waals surface area contributed by atoms with Crippen molar-refractivity contribution in [2.75, 3.05) is 13.1 Å². The predicted octanol–water partition coefficient (Wildman–Crippen LogP) is 3.72. The van der Waals surface area contributed by atoms with E-state index in [4.69, 9.17) is 0 Å². The molecule has 1 aliphatic rings. The molecule has 0 aromatic heterocycles. The zero-order valence-electron chi connectivity index (χ0n) is 13.3. The van der Waals surface area contributed by atoms with Crippen LogP contribution < -0.4 is 0 Å². The molecule has 112 valence electrons. The Kier molecular flexibility index (Phi) is 5.22. The van der Waals surface area contributed by atoms with Crippen molar-refractivity contribution in [1.29, 1.82) is 0 Å². The van der Waals surface area contributed by atoms with E-state index in [9.17, 15) is 5.11 Å². The molecule has 0 saturated carbocycles. The first-order valence-corrected chi connectivity index (χ1v) is 7.97. The highest BCUT2D eigenvalue weighted by Gasteiger charge is 2.34. The Morgan fingerprint density at radius 1 is 1.10 bits per heavy atom. The van der Waals surface area contributed by atoms with Crippen molar-refractivity contribution in [3.8, 4) is 0 Å². The van der Waals surface area contributed by atoms with Crippen molar-refractivity contribution in [2.24, 2.45) is 17.8 Å². The minimum atomic E-state index is -0.392. The molecule has 0 spiro atoms. The molecule has 0 radical (unpaired) electrons. The molecule has 1 aromatic carbocycles. The average Bonchev–Trinajstić information content (AvgIpc) is 2.43. The molecule has 4 unspecified atom stereocenters. The quantitative estimate of drug-likeness (QED) is 0.905. The van der Waals surface area contributed by atoms with E-state index >= 15 is 0 Å². The number of aliphatic hydroxyl groups is 1. The van der Waals surface area contributed by atoms with Gasteiger partial charge in [-0.2, -0.15) is 0 Å². The van der Waals surface area contributed by atoms with Crippen LogP contribution in [0.25, 0.3) is 0 Å². The van der Waals surface area contributed by atoms with Gasteiger partial charge in [-0.05, 0) is 36.3 Å². The average molecular weight is 275 g/mol. The first-order valence-electron chi connectivity index (χ1n) is 7.97. The van der Waals surface area contributed by atoms with Crippen LogP contribution in [0, 0.1) is 17.8 Å². The first-order chi connectivity index (χ1) is 9.50. The Hall–Kier alpha value is -0.860. The van der Waals surface area contributed by atoms with E-state index in [1.807, 2.05) is 30.3 Å². The zero-order valence-corrected chi connectivity index (χ0v) is 13.3. The van der Waals surface area contributed by atoms with Gasteiger partial charge in [-0.25, -0.2) is 0 Å². The van der Waals surface area contributed by atoms with E-state index in [2.05, 4.69) is 32.6 Å². The summed E-state index contributed by atoms with van der Waals surface area (Å²) >= 11 is 0. The Labute approximate surface area is 123 Å². The number of hydrogen-bond acceptors (Lipinski definition) is 2. The highest BCUT2D eigenvalue weighted by atomic mass is 16.3. The van der Waals surface area contributed by atoms with Crippen molar-refractivity contribution in [3.05, 3.63) is 35.9 Å². The van der Waals surface area contributed by atoms with Crippen LogP contribution in [0.4, 0.5) is 0 Å². The van der Waals surface area contributed by atoms with Crippen LogP contribution in [0.5, 0.6) is 0 Å². The fraction of sp³-hybridized carbons (Fsp3) is 0.667. The Morgan fingerprint density at radius 2 is 1.75 bits per heavy atom. The van der Waals surface area contributed by atoms with Gasteiger partial charge in [0.05, 0.1) is 6.10 Å². The lowest BCUT2D eigenvalue weighted by atomic mass is 9.84. The summed E-state index contributed by atoms with van der Waals surface area (Å²) in [4.78, 5) is 2.51. The summed E-state index contributed by atoms with van der Waals surface area (Å²) in [7, 11) is 0. The molecule has 0 aliphatic carbocycles. The number of likely N-dealkylation sites (tertiary alicyclic amines) is 1. The minimum Gasteiger partial charge on any atom is -0.387 e. The summed E-state index contributed by atoms with van der Waals surface area (Å²) in [5.74, 6) is 1.96. The summed E-state index contributed by atoms with van der Waals surface area (Å²) < 4.78 is 0. The van der Waals surface area contributed by atoms with Crippen molar-refractivity contribution in [2.45, 2.75) is 46.3 Å². The highest BCUT2D eigenvalue weighted by Crippen LogP contribution is 2.31. The van der Waals surface area contributed by atoms with E-state index in [1.165, 1.54) is 6.42 Å². The Balaban J connectivity index is 2.15. The van der Waals surface area contributed by atoms with Gasteiger partial charge in [0.2, 0.25) is 0 Å². The second-order valence-electron chi connectivity index (χ2n) is 6.83. The third-order valence-corrected chi connectivity index (χ3v) is 4.93. The van der Waals surface area contributed by atoms with Crippen molar-refractivity contribution < 1.29 is 5.11 Å². The molecule has 0 amide bonds. The van der Waals surface area contributed by atoms with Gasteiger partial charge < -0.3 is 5.11 Å². The third kappa shape index (κ3) is 3.42. The Bertz CT molecular complexity index is 403. The number of rotatable bonds is 4. The molecule has 1 aliphatic heterocycles. The van der Waals surface area contributed by atoms with Gasteiger partial charge in [0, 0.05) is 12.6 Å². The number of piperidine rings is 1. The van der Waals surface area contributed by atoms with Crippen LogP contribution >= 0.6 is 0 Å². The fourth-order valence-electron chi connectivity index (χ4n) is 3.40. The minimum absolute atomic E-state index is 0.215. The van der Waals surface area contributed by atoms with Crippen molar-refractivity contribution in [1.82, 2.24) is 4.90 Å². The third-order valence-electron chi connectivity index (χ3n) is 4.93. The largest absolute Gasteiger partial charge is 0.387 e. The van der Waals surface area contributed by atoms with Crippen LogP contribution in [0.3, 0.4) is 0 Å². The van der Waals surface area contributed by atoms with Gasteiger partial charge >= 0.3 is 0 Å². The molecular weight excluding hydrogens is 246 g/mol. The topological polar surface area (TPSA) is 23.5 Å². The molecule has 1 fully saturated rings. The van der Waals surface area contributed by atoms with Crippen LogP contribution in [0.2, 0.25) is 0 Å². The van der Waals surface area contributed by atoms with Crippen LogP contribution in [-0.2, 0) is 0 Å². The molecule has 2 nitrogen and oxygen atoms in total.